The zero-order valence-electron chi connectivity index (χ0n) is 11.1. The predicted molar refractivity (Wildman–Crippen MR) is 75.7 cm³/mol. The van der Waals surface area contributed by atoms with Crippen molar-refractivity contribution < 1.29 is 4.39 Å². The maximum absolute atomic E-state index is 13.2. The molecule has 2 heteroatoms. The van der Waals surface area contributed by atoms with Crippen molar-refractivity contribution in [2.24, 2.45) is 0 Å². The van der Waals surface area contributed by atoms with E-state index in [2.05, 4.69) is 29.6 Å². The number of hydrogen-bond donors (Lipinski definition) is 1. The van der Waals surface area contributed by atoms with Crippen LogP contribution in [0.15, 0.2) is 42.5 Å². The van der Waals surface area contributed by atoms with Crippen LogP contribution in [-0.2, 0) is 13.0 Å². The van der Waals surface area contributed by atoms with Crippen molar-refractivity contribution in [3.05, 3.63) is 70.5 Å². The quantitative estimate of drug-likeness (QED) is 0.880. The first-order chi connectivity index (χ1) is 9.24. The maximum atomic E-state index is 13.2. The van der Waals surface area contributed by atoms with E-state index in [1.54, 1.807) is 13.0 Å². The summed E-state index contributed by atoms with van der Waals surface area (Å²) in [4.78, 5) is 0. The van der Waals surface area contributed by atoms with Crippen LogP contribution < -0.4 is 5.32 Å². The van der Waals surface area contributed by atoms with E-state index >= 15 is 0 Å². The third kappa shape index (κ3) is 2.54. The SMILES string of the molecule is Cc1cc(CNCC2Cc3ccccc32)ccc1F. The Hall–Kier alpha value is -1.67. The topological polar surface area (TPSA) is 12.0 Å². The van der Waals surface area contributed by atoms with Crippen molar-refractivity contribution in [2.75, 3.05) is 6.54 Å². The van der Waals surface area contributed by atoms with Crippen molar-refractivity contribution in [2.45, 2.75) is 25.8 Å². The van der Waals surface area contributed by atoms with Crippen LogP contribution in [0.2, 0.25) is 0 Å². The molecular weight excluding hydrogens is 237 g/mol. The smallest absolute Gasteiger partial charge is 0.126 e. The molecule has 1 N–H and O–H groups in total. The number of halogens is 1. The Morgan fingerprint density at radius 3 is 2.84 bits per heavy atom. The largest absolute Gasteiger partial charge is 0.312 e. The maximum Gasteiger partial charge on any atom is 0.126 e. The lowest BCUT2D eigenvalue weighted by molar-refractivity contribution is 0.535. The second-order valence-electron chi connectivity index (χ2n) is 5.31. The van der Waals surface area contributed by atoms with Crippen LogP contribution in [0, 0.1) is 12.7 Å². The molecule has 3 rings (SSSR count). The minimum atomic E-state index is -0.128. The molecule has 1 aliphatic rings. The Kier molecular flexibility index (Phi) is 3.34. The van der Waals surface area contributed by atoms with Gasteiger partial charge in [-0.05, 0) is 41.7 Å². The lowest BCUT2D eigenvalue weighted by Gasteiger charge is -2.30. The van der Waals surface area contributed by atoms with Crippen LogP contribution in [0.5, 0.6) is 0 Å². The number of nitrogens with one attached hydrogen (secondary N) is 1. The standard InChI is InChI=1S/C17H18FN/c1-12-8-13(6-7-17(12)18)10-19-11-15-9-14-4-2-3-5-16(14)15/h2-8,15,19H,9-11H2,1H3. The summed E-state index contributed by atoms with van der Waals surface area (Å²) in [6.45, 7) is 3.61. The summed E-state index contributed by atoms with van der Waals surface area (Å²) in [5, 5.41) is 3.47. The van der Waals surface area contributed by atoms with Crippen LogP contribution >= 0.6 is 0 Å². The van der Waals surface area contributed by atoms with E-state index in [1.807, 2.05) is 12.1 Å². The molecule has 0 aromatic heterocycles. The molecule has 0 fully saturated rings. The third-order valence-corrected chi connectivity index (χ3v) is 3.90. The molecule has 0 heterocycles. The summed E-state index contributed by atoms with van der Waals surface area (Å²) in [7, 11) is 0. The van der Waals surface area contributed by atoms with E-state index in [0.29, 0.717) is 11.5 Å². The lowest BCUT2D eigenvalue weighted by atomic mass is 9.77. The Labute approximate surface area is 113 Å². The van der Waals surface area contributed by atoms with E-state index in [-0.39, 0.29) is 5.82 Å². The van der Waals surface area contributed by atoms with Crippen molar-refractivity contribution >= 4 is 0 Å². The Morgan fingerprint density at radius 1 is 1.21 bits per heavy atom. The lowest BCUT2D eigenvalue weighted by Crippen LogP contribution is -2.28. The van der Waals surface area contributed by atoms with Gasteiger partial charge in [-0.1, -0.05) is 36.4 Å². The summed E-state index contributed by atoms with van der Waals surface area (Å²) in [5.74, 6) is 0.509. The average Bonchev–Trinajstić information content (AvgIpc) is 2.39. The van der Waals surface area contributed by atoms with Crippen molar-refractivity contribution in [1.29, 1.82) is 0 Å². The second-order valence-corrected chi connectivity index (χ2v) is 5.31. The number of fused-ring (bicyclic) bond motifs is 1. The van der Waals surface area contributed by atoms with Gasteiger partial charge in [-0.15, -0.1) is 0 Å². The molecule has 0 aliphatic heterocycles. The van der Waals surface area contributed by atoms with E-state index < -0.39 is 0 Å². The second kappa shape index (κ2) is 5.14. The monoisotopic (exact) mass is 255 g/mol. The fourth-order valence-electron chi connectivity index (χ4n) is 2.75. The zero-order valence-corrected chi connectivity index (χ0v) is 11.1. The van der Waals surface area contributed by atoms with Crippen LogP contribution in [0.3, 0.4) is 0 Å². The first-order valence-electron chi connectivity index (χ1n) is 6.77. The zero-order chi connectivity index (χ0) is 13.2. The van der Waals surface area contributed by atoms with Gasteiger partial charge in [0.2, 0.25) is 0 Å². The normalized spacial score (nSPS) is 16.8. The van der Waals surface area contributed by atoms with Crippen LogP contribution in [-0.4, -0.2) is 6.54 Å². The molecular formula is C17H18FN. The molecule has 2 aromatic carbocycles. The highest BCUT2D eigenvalue weighted by Gasteiger charge is 2.24. The number of aryl methyl sites for hydroxylation is 1. The number of hydrogen-bond acceptors (Lipinski definition) is 1. The first kappa shape index (κ1) is 12.4. The molecule has 0 saturated carbocycles. The molecule has 1 unspecified atom stereocenters. The Bertz CT molecular complexity index is 592. The van der Waals surface area contributed by atoms with Gasteiger partial charge in [0.1, 0.15) is 5.82 Å². The summed E-state index contributed by atoms with van der Waals surface area (Å²) >= 11 is 0. The highest BCUT2D eigenvalue weighted by Crippen LogP contribution is 2.33. The summed E-state index contributed by atoms with van der Waals surface area (Å²) in [5.41, 5.74) is 4.82. The van der Waals surface area contributed by atoms with Crippen molar-refractivity contribution in [3.63, 3.8) is 0 Å². The molecule has 0 spiro atoms. The molecule has 1 nitrogen and oxygen atoms in total. The minimum Gasteiger partial charge on any atom is -0.312 e. The van der Waals surface area contributed by atoms with E-state index in [4.69, 9.17) is 0 Å². The van der Waals surface area contributed by atoms with Gasteiger partial charge < -0.3 is 5.32 Å². The van der Waals surface area contributed by atoms with Gasteiger partial charge in [0.15, 0.2) is 0 Å². The Balaban J connectivity index is 1.53. The summed E-state index contributed by atoms with van der Waals surface area (Å²) in [6.07, 6.45) is 1.17. The van der Waals surface area contributed by atoms with Crippen LogP contribution in [0.1, 0.15) is 28.2 Å². The van der Waals surface area contributed by atoms with Gasteiger partial charge in [-0.3, -0.25) is 0 Å². The summed E-state index contributed by atoms with van der Waals surface area (Å²) < 4.78 is 13.2. The van der Waals surface area contributed by atoms with Crippen LogP contribution in [0.4, 0.5) is 4.39 Å². The van der Waals surface area contributed by atoms with Gasteiger partial charge in [0.05, 0.1) is 0 Å². The van der Waals surface area contributed by atoms with E-state index in [0.717, 1.165) is 18.7 Å². The third-order valence-electron chi connectivity index (χ3n) is 3.90. The highest BCUT2D eigenvalue weighted by atomic mass is 19.1. The predicted octanol–water partition coefficient (Wildman–Crippen LogP) is 3.56. The molecule has 0 radical (unpaired) electrons. The average molecular weight is 255 g/mol. The fraction of sp³-hybridized carbons (Fsp3) is 0.294. The molecule has 1 aliphatic carbocycles. The molecule has 19 heavy (non-hydrogen) atoms. The first-order valence-corrected chi connectivity index (χ1v) is 6.77. The molecule has 0 saturated heterocycles. The van der Waals surface area contributed by atoms with Gasteiger partial charge in [0.25, 0.3) is 0 Å². The molecule has 0 bridgehead atoms. The molecule has 1 atom stereocenters. The van der Waals surface area contributed by atoms with Crippen molar-refractivity contribution in [3.8, 4) is 0 Å². The van der Waals surface area contributed by atoms with E-state index in [1.165, 1.54) is 17.5 Å². The van der Waals surface area contributed by atoms with Gasteiger partial charge in [-0.25, -0.2) is 4.39 Å². The Morgan fingerprint density at radius 2 is 2.05 bits per heavy atom. The van der Waals surface area contributed by atoms with Gasteiger partial charge in [0, 0.05) is 19.0 Å². The van der Waals surface area contributed by atoms with E-state index in [9.17, 15) is 4.39 Å². The number of rotatable bonds is 4. The van der Waals surface area contributed by atoms with Gasteiger partial charge in [-0.2, -0.15) is 0 Å². The van der Waals surface area contributed by atoms with Crippen LogP contribution in [0.25, 0.3) is 0 Å². The highest BCUT2D eigenvalue weighted by molar-refractivity contribution is 5.40. The minimum absolute atomic E-state index is 0.128. The molecule has 2 aromatic rings. The van der Waals surface area contributed by atoms with Crippen molar-refractivity contribution in [1.82, 2.24) is 5.32 Å². The number of benzene rings is 2. The summed E-state index contributed by atoms with van der Waals surface area (Å²) in [6, 6.07) is 13.9. The van der Waals surface area contributed by atoms with Gasteiger partial charge >= 0.3 is 0 Å². The molecule has 0 amide bonds. The molecule has 98 valence electrons. The fourth-order valence-corrected chi connectivity index (χ4v) is 2.75.